The summed E-state index contributed by atoms with van der Waals surface area (Å²) in [7, 11) is 0. The normalized spacial score (nSPS) is 27.0. The molecule has 1 aromatic heterocycles. The highest BCUT2D eigenvalue weighted by Gasteiger charge is 2.27. The van der Waals surface area contributed by atoms with Gasteiger partial charge in [0.05, 0.1) is 6.33 Å². The number of hydrogen-bond donors (Lipinski definition) is 1. The SMILES string of the molecule is CCN1CCCC(n2cncc2C2CNC2)C1. The van der Waals surface area contributed by atoms with Gasteiger partial charge in [0, 0.05) is 43.5 Å². The first-order valence-electron chi connectivity index (χ1n) is 6.83. The van der Waals surface area contributed by atoms with Crippen LogP contribution in [-0.2, 0) is 0 Å². The highest BCUT2D eigenvalue weighted by molar-refractivity contribution is 5.13. The van der Waals surface area contributed by atoms with Crippen LogP contribution in [0.4, 0.5) is 0 Å². The molecule has 1 N–H and O–H groups in total. The fraction of sp³-hybridized carbons (Fsp3) is 0.769. The Morgan fingerprint density at radius 2 is 2.35 bits per heavy atom. The third-order valence-electron chi connectivity index (χ3n) is 4.22. The van der Waals surface area contributed by atoms with Crippen molar-refractivity contribution in [2.75, 3.05) is 32.7 Å². The molecule has 2 aliphatic heterocycles. The maximum Gasteiger partial charge on any atom is 0.0951 e. The molecular weight excluding hydrogens is 212 g/mol. The maximum atomic E-state index is 4.37. The van der Waals surface area contributed by atoms with Crippen molar-refractivity contribution in [3.05, 3.63) is 18.2 Å². The zero-order chi connectivity index (χ0) is 11.7. The number of likely N-dealkylation sites (N-methyl/N-ethyl adjacent to an activating group) is 1. The molecule has 0 amide bonds. The maximum absolute atomic E-state index is 4.37. The van der Waals surface area contributed by atoms with Crippen LogP contribution in [-0.4, -0.2) is 47.2 Å². The van der Waals surface area contributed by atoms with Gasteiger partial charge in [0.15, 0.2) is 0 Å². The van der Waals surface area contributed by atoms with Crippen LogP contribution < -0.4 is 5.32 Å². The van der Waals surface area contributed by atoms with Crippen LogP contribution in [0.25, 0.3) is 0 Å². The second-order valence-electron chi connectivity index (χ2n) is 5.27. The number of aromatic nitrogens is 2. The van der Waals surface area contributed by atoms with Crippen molar-refractivity contribution in [1.82, 2.24) is 19.8 Å². The van der Waals surface area contributed by atoms with E-state index in [4.69, 9.17) is 0 Å². The number of imidazole rings is 1. The van der Waals surface area contributed by atoms with Gasteiger partial charge in [-0.05, 0) is 25.9 Å². The molecule has 4 nitrogen and oxygen atoms in total. The Balaban J connectivity index is 1.76. The van der Waals surface area contributed by atoms with Crippen LogP contribution in [0.5, 0.6) is 0 Å². The zero-order valence-corrected chi connectivity index (χ0v) is 10.6. The summed E-state index contributed by atoms with van der Waals surface area (Å²) >= 11 is 0. The van der Waals surface area contributed by atoms with E-state index >= 15 is 0 Å². The third kappa shape index (κ3) is 2.11. The lowest BCUT2D eigenvalue weighted by Gasteiger charge is -2.35. The van der Waals surface area contributed by atoms with E-state index in [9.17, 15) is 0 Å². The number of rotatable bonds is 3. The number of hydrogen-bond acceptors (Lipinski definition) is 3. The lowest BCUT2D eigenvalue weighted by molar-refractivity contribution is 0.181. The molecule has 0 radical (unpaired) electrons. The molecule has 2 fully saturated rings. The quantitative estimate of drug-likeness (QED) is 0.854. The molecule has 1 atom stereocenters. The van der Waals surface area contributed by atoms with Crippen molar-refractivity contribution in [3.8, 4) is 0 Å². The first-order valence-corrected chi connectivity index (χ1v) is 6.83. The number of nitrogens with one attached hydrogen (secondary N) is 1. The van der Waals surface area contributed by atoms with Crippen LogP contribution in [0.2, 0.25) is 0 Å². The number of nitrogens with zero attached hydrogens (tertiary/aromatic N) is 3. The lowest BCUT2D eigenvalue weighted by atomic mass is 9.98. The molecule has 0 aliphatic carbocycles. The van der Waals surface area contributed by atoms with E-state index in [1.807, 2.05) is 6.33 Å². The minimum atomic E-state index is 0.641. The summed E-state index contributed by atoms with van der Waals surface area (Å²) in [5, 5.41) is 3.35. The molecular formula is C13H22N4. The molecule has 0 spiro atoms. The molecule has 0 bridgehead atoms. The summed E-state index contributed by atoms with van der Waals surface area (Å²) < 4.78 is 2.44. The molecule has 17 heavy (non-hydrogen) atoms. The Morgan fingerprint density at radius 1 is 1.47 bits per heavy atom. The smallest absolute Gasteiger partial charge is 0.0951 e. The summed E-state index contributed by atoms with van der Waals surface area (Å²) in [6.07, 6.45) is 6.73. The summed E-state index contributed by atoms with van der Waals surface area (Å²) in [5.74, 6) is 0.689. The van der Waals surface area contributed by atoms with E-state index in [2.05, 4.69) is 32.9 Å². The van der Waals surface area contributed by atoms with E-state index in [1.165, 1.54) is 38.2 Å². The Labute approximate surface area is 103 Å². The zero-order valence-electron chi connectivity index (χ0n) is 10.6. The van der Waals surface area contributed by atoms with Crippen LogP contribution in [0.3, 0.4) is 0 Å². The van der Waals surface area contributed by atoms with Gasteiger partial charge in [-0.2, -0.15) is 0 Å². The highest BCUT2D eigenvalue weighted by atomic mass is 15.2. The van der Waals surface area contributed by atoms with Crippen molar-refractivity contribution in [3.63, 3.8) is 0 Å². The second-order valence-corrected chi connectivity index (χ2v) is 5.27. The molecule has 94 valence electrons. The molecule has 3 heterocycles. The average molecular weight is 234 g/mol. The Hall–Kier alpha value is -0.870. The number of likely N-dealkylation sites (tertiary alicyclic amines) is 1. The van der Waals surface area contributed by atoms with Gasteiger partial charge in [-0.1, -0.05) is 6.92 Å². The molecule has 0 saturated carbocycles. The molecule has 3 rings (SSSR count). The second kappa shape index (κ2) is 4.78. The van der Waals surface area contributed by atoms with Crippen LogP contribution in [0.1, 0.15) is 37.4 Å². The minimum absolute atomic E-state index is 0.641. The Kier molecular flexibility index (Phi) is 3.16. The van der Waals surface area contributed by atoms with Gasteiger partial charge in [-0.15, -0.1) is 0 Å². The standard InChI is InChI=1S/C13H22N4/c1-2-16-5-3-4-12(9-16)17-10-15-8-13(17)11-6-14-7-11/h8,10-12,14H,2-7,9H2,1H3. The molecule has 0 aromatic carbocycles. The monoisotopic (exact) mass is 234 g/mol. The van der Waals surface area contributed by atoms with E-state index in [-0.39, 0.29) is 0 Å². The fourth-order valence-corrected chi connectivity index (χ4v) is 2.98. The van der Waals surface area contributed by atoms with Crippen molar-refractivity contribution in [2.45, 2.75) is 31.7 Å². The topological polar surface area (TPSA) is 33.1 Å². The van der Waals surface area contributed by atoms with Crippen LogP contribution in [0, 0.1) is 0 Å². The lowest BCUT2D eigenvalue weighted by Crippen LogP contribution is -2.42. The molecule has 2 aliphatic rings. The summed E-state index contributed by atoms with van der Waals surface area (Å²) in [6, 6.07) is 0.641. The van der Waals surface area contributed by atoms with Crippen molar-refractivity contribution >= 4 is 0 Å². The fourth-order valence-electron chi connectivity index (χ4n) is 2.98. The van der Waals surface area contributed by atoms with Gasteiger partial charge in [0.1, 0.15) is 0 Å². The van der Waals surface area contributed by atoms with Gasteiger partial charge < -0.3 is 14.8 Å². The van der Waals surface area contributed by atoms with E-state index in [0.717, 1.165) is 13.1 Å². The highest BCUT2D eigenvalue weighted by Crippen LogP contribution is 2.27. The van der Waals surface area contributed by atoms with Crippen molar-refractivity contribution in [1.29, 1.82) is 0 Å². The van der Waals surface area contributed by atoms with Gasteiger partial charge in [0.25, 0.3) is 0 Å². The molecule has 4 heteroatoms. The van der Waals surface area contributed by atoms with Crippen LogP contribution in [0.15, 0.2) is 12.5 Å². The molecule has 1 unspecified atom stereocenters. The first kappa shape index (κ1) is 11.2. The van der Waals surface area contributed by atoms with Crippen LogP contribution >= 0.6 is 0 Å². The van der Waals surface area contributed by atoms with Gasteiger partial charge in [-0.3, -0.25) is 0 Å². The van der Waals surface area contributed by atoms with Gasteiger partial charge in [0.2, 0.25) is 0 Å². The first-order chi connectivity index (χ1) is 8.38. The van der Waals surface area contributed by atoms with Gasteiger partial charge >= 0.3 is 0 Å². The Bertz CT molecular complexity index is 369. The Morgan fingerprint density at radius 3 is 3.06 bits per heavy atom. The predicted molar refractivity (Wildman–Crippen MR) is 68.2 cm³/mol. The average Bonchev–Trinajstić information content (AvgIpc) is 2.76. The minimum Gasteiger partial charge on any atom is -0.330 e. The largest absolute Gasteiger partial charge is 0.330 e. The van der Waals surface area contributed by atoms with E-state index in [1.54, 1.807) is 0 Å². The number of piperidine rings is 1. The predicted octanol–water partition coefficient (Wildman–Crippen LogP) is 1.23. The van der Waals surface area contributed by atoms with E-state index < -0.39 is 0 Å². The summed E-state index contributed by atoms with van der Waals surface area (Å²) in [6.45, 7) is 8.13. The molecule has 1 aromatic rings. The molecule has 2 saturated heterocycles. The summed E-state index contributed by atoms with van der Waals surface area (Å²) in [5.41, 5.74) is 1.44. The van der Waals surface area contributed by atoms with Crippen molar-refractivity contribution in [2.24, 2.45) is 0 Å². The van der Waals surface area contributed by atoms with E-state index in [0.29, 0.717) is 12.0 Å². The van der Waals surface area contributed by atoms with Crippen molar-refractivity contribution < 1.29 is 0 Å². The third-order valence-corrected chi connectivity index (χ3v) is 4.22. The van der Waals surface area contributed by atoms with Gasteiger partial charge in [-0.25, -0.2) is 4.98 Å². The summed E-state index contributed by atoms with van der Waals surface area (Å²) in [4.78, 5) is 6.92.